The average Bonchev–Trinajstić information content (AvgIpc) is 3.33. The van der Waals surface area contributed by atoms with Crippen molar-refractivity contribution in [1.29, 1.82) is 0 Å². The molecule has 0 spiro atoms. The number of para-hydroxylation sites is 1. The molecule has 0 unspecified atom stereocenters. The van der Waals surface area contributed by atoms with Crippen LogP contribution in [0, 0.1) is 6.92 Å². The molecular formula is C24H25N3OS. The minimum Gasteiger partial charge on any atom is -0.366 e. The first kappa shape index (κ1) is 19.4. The van der Waals surface area contributed by atoms with Crippen molar-refractivity contribution in [3.63, 3.8) is 0 Å². The lowest BCUT2D eigenvalue weighted by Gasteiger charge is -2.12. The molecule has 1 aromatic carbocycles. The summed E-state index contributed by atoms with van der Waals surface area (Å²) in [6, 6.07) is 16.3. The zero-order valence-corrected chi connectivity index (χ0v) is 17.6. The number of fused-ring (bicyclic) bond motifs is 1. The number of aromatic nitrogens is 2. The summed E-state index contributed by atoms with van der Waals surface area (Å²) in [5, 5.41) is 3.19. The minimum absolute atomic E-state index is 0.389. The fourth-order valence-electron chi connectivity index (χ4n) is 4.06. The molecule has 3 aromatic heterocycles. The van der Waals surface area contributed by atoms with Crippen molar-refractivity contribution in [1.82, 2.24) is 9.55 Å². The molecule has 3 heterocycles. The second kappa shape index (κ2) is 8.21. The lowest BCUT2D eigenvalue weighted by Crippen LogP contribution is -2.14. The number of carbonyl (C=O) groups is 1. The van der Waals surface area contributed by atoms with Crippen LogP contribution in [0.1, 0.15) is 40.0 Å². The third-order valence-corrected chi connectivity index (χ3v) is 6.32. The Balaban J connectivity index is 1.88. The smallest absolute Gasteiger partial charge is 0.251 e. The molecule has 0 fully saturated rings. The van der Waals surface area contributed by atoms with Gasteiger partial charge >= 0.3 is 0 Å². The van der Waals surface area contributed by atoms with Gasteiger partial charge in [0.1, 0.15) is 0 Å². The van der Waals surface area contributed by atoms with E-state index < -0.39 is 0 Å². The molecule has 0 atom stereocenters. The van der Waals surface area contributed by atoms with Gasteiger partial charge in [-0.15, -0.1) is 11.3 Å². The molecule has 0 radical (unpaired) electrons. The van der Waals surface area contributed by atoms with E-state index in [4.69, 9.17) is 10.7 Å². The number of benzene rings is 1. The quantitative estimate of drug-likeness (QED) is 0.451. The summed E-state index contributed by atoms with van der Waals surface area (Å²) in [5.41, 5.74) is 11.2. The van der Waals surface area contributed by atoms with Crippen molar-refractivity contribution in [3.05, 3.63) is 75.7 Å². The van der Waals surface area contributed by atoms with E-state index in [2.05, 4.69) is 35.1 Å². The normalized spacial score (nSPS) is 11.2. The van der Waals surface area contributed by atoms with E-state index in [1.165, 1.54) is 4.88 Å². The van der Waals surface area contributed by atoms with E-state index in [0.717, 1.165) is 59.4 Å². The zero-order chi connectivity index (χ0) is 20.4. The molecule has 29 heavy (non-hydrogen) atoms. The molecule has 0 saturated heterocycles. The first-order chi connectivity index (χ1) is 14.1. The molecule has 0 aliphatic rings. The predicted molar refractivity (Wildman–Crippen MR) is 120 cm³/mol. The van der Waals surface area contributed by atoms with Crippen molar-refractivity contribution in [2.45, 2.75) is 39.7 Å². The molecular weight excluding hydrogens is 378 g/mol. The number of aryl methyl sites for hydroxylation is 1. The van der Waals surface area contributed by atoms with Crippen LogP contribution in [-0.2, 0) is 19.4 Å². The predicted octanol–water partition coefficient (Wildman–Crippen LogP) is 5.37. The topological polar surface area (TPSA) is 60.9 Å². The van der Waals surface area contributed by atoms with Crippen molar-refractivity contribution in [3.8, 4) is 11.3 Å². The third kappa shape index (κ3) is 3.70. The lowest BCUT2D eigenvalue weighted by molar-refractivity contribution is 0.1000. The molecule has 4 rings (SSSR count). The average molecular weight is 404 g/mol. The molecule has 5 heteroatoms. The summed E-state index contributed by atoms with van der Waals surface area (Å²) < 4.78 is 2.27. The maximum absolute atomic E-state index is 12.5. The SMILES string of the molecule is CCCc1c(-c2ccc3ccccc3n2)c(C(N)=O)c(C)n1CCc1cccs1. The number of hydrogen-bond donors (Lipinski definition) is 1. The van der Waals surface area contributed by atoms with E-state index >= 15 is 0 Å². The molecule has 148 valence electrons. The van der Waals surface area contributed by atoms with E-state index in [0.29, 0.717) is 5.56 Å². The van der Waals surface area contributed by atoms with Crippen molar-refractivity contribution in [2.24, 2.45) is 5.73 Å². The number of nitrogens with zero attached hydrogens (tertiary/aromatic N) is 2. The maximum Gasteiger partial charge on any atom is 0.251 e. The van der Waals surface area contributed by atoms with E-state index in [1.54, 1.807) is 11.3 Å². The standard InChI is InChI=1S/C24H25N3OS/c1-3-7-21-23(20-12-11-17-8-4-5-10-19(17)26-20)22(24(25)28)16(2)27(21)14-13-18-9-6-15-29-18/h4-6,8-12,15H,3,7,13-14H2,1-2H3,(H2,25,28). The van der Waals surface area contributed by atoms with Crippen LogP contribution in [-0.4, -0.2) is 15.5 Å². The molecule has 4 nitrogen and oxygen atoms in total. The zero-order valence-electron chi connectivity index (χ0n) is 16.8. The Morgan fingerprint density at radius 2 is 1.93 bits per heavy atom. The molecule has 0 bridgehead atoms. The van der Waals surface area contributed by atoms with Gasteiger partial charge in [-0.2, -0.15) is 0 Å². The second-order valence-corrected chi connectivity index (χ2v) is 8.30. The Hall–Kier alpha value is -2.92. The summed E-state index contributed by atoms with van der Waals surface area (Å²) in [7, 11) is 0. The number of rotatable bonds is 7. The van der Waals surface area contributed by atoms with Gasteiger partial charge in [0, 0.05) is 33.8 Å². The van der Waals surface area contributed by atoms with Gasteiger partial charge in [-0.05, 0) is 43.3 Å². The lowest BCUT2D eigenvalue weighted by atomic mass is 10.0. The molecule has 0 saturated carbocycles. The Labute approximate surface area is 175 Å². The summed E-state index contributed by atoms with van der Waals surface area (Å²) >= 11 is 1.77. The first-order valence-corrected chi connectivity index (χ1v) is 10.9. The van der Waals surface area contributed by atoms with Gasteiger partial charge in [-0.1, -0.05) is 43.7 Å². The van der Waals surface area contributed by atoms with Gasteiger partial charge in [0.15, 0.2) is 0 Å². The summed E-state index contributed by atoms with van der Waals surface area (Å²) in [4.78, 5) is 18.7. The van der Waals surface area contributed by atoms with E-state index in [1.807, 2.05) is 37.3 Å². The third-order valence-electron chi connectivity index (χ3n) is 5.38. The number of hydrogen-bond acceptors (Lipinski definition) is 3. The number of primary amides is 1. The van der Waals surface area contributed by atoms with Gasteiger partial charge in [0.2, 0.25) is 0 Å². The van der Waals surface area contributed by atoms with Crippen LogP contribution in [0.5, 0.6) is 0 Å². The van der Waals surface area contributed by atoms with Crippen molar-refractivity contribution < 1.29 is 4.79 Å². The fraction of sp³-hybridized carbons (Fsp3) is 0.250. The van der Waals surface area contributed by atoms with Crippen LogP contribution in [0.15, 0.2) is 53.9 Å². The Morgan fingerprint density at radius 1 is 1.10 bits per heavy atom. The summed E-state index contributed by atoms with van der Waals surface area (Å²) in [6.45, 7) is 4.99. The molecule has 2 N–H and O–H groups in total. The first-order valence-electron chi connectivity index (χ1n) is 10.0. The van der Waals surface area contributed by atoms with Gasteiger partial charge in [0.25, 0.3) is 5.91 Å². The Bertz CT molecular complexity index is 1160. The van der Waals surface area contributed by atoms with Crippen LogP contribution in [0.4, 0.5) is 0 Å². The maximum atomic E-state index is 12.5. The van der Waals surface area contributed by atoms with Crippen molar-refractivity contribution in [2.75, 3.05) is 0 Å². The molecule has 0 aliphatic carbocycles. The molecule has 4 aromatic rings. The van der Waals surface area contributed by atoms with Crippen molar-refractivity contribution >= 4 is 28.1 Å². The highest BCUT2D eigenvalue weighted by molar-refractivity contribution is 7.09. The number of amides is 1. The minimum atomic E-state index is -0.389. The van der Waals surface area contributed by atoms with Gasteiger partial charge in [0.05, 0.1) is 16.8 Å². The van der Waals surface area contributed by atoms with E-state index in [-0.39, 0.29) is 5.91 Å². The van der Waals surface area contributed by atoms with Gasteiger partial charge in [-0.3, -0.25) is 4.79 Å². The second-order valence-electron chi connectivity index (χ2n) is 7.27. The van der Waals surface area contributed by atoms with Crippen LogP contribution in [0.2, 0.25) is 0 Å². The molecule has 0 aliphatic heterocycles. The Morgan fingerprint density at radius 3 is 2.66 bits per heavy atom. The summed E-state index contributed by atoms with van der Waals surface area (Å²) in [5.74, 6) is -0.389. The Kier molecular flexibility index (Phi) is 5.49. The summed E-state index contributed by atoms with van der Waals surface area (Å²) in [6.07, 6.45) is 2.80. The van der Waals surface area contributed by atoms with Crippen LogP contribution in [0.25, 0.3) is 22.2 Å². The fourth-order valence-corrected chi connectivity index (χ4v) is 4.75. The highest BCUT2D eigenvalue weighted by atomic mass is 32.1. The number of carbonyl (C=O) groups excluding carboxylic acids is 1. The number of nitrogens with two attached hydrogens (primary N) is 1. The van der Waals surface area contributed by atoms with Crippen LogP contribution in [0.3, 0.4) is 0 Å². The monoisotopic (exact) mass is 403 g/mol. The van der Waals surface area contributed by atoms with Crippen LogP contribution >= 0.6 is 11.3 Å². The van der Waals surface area contributed by atoms with Gasteiger partial charge in [-0.25, -0.2) is 4.98 Å². The number of thiophene rings is 1. The van der Waals surface area contributed by atoms with Gasteiger partial charge < -0.3 is 10.3 Å². The van der Waals surface area contributed by atoms with E-state index in [9.17, 15) is 4.79 Å². The number of pyridine rings is 1. The molecule has 1 amide bonds. The van der Waals surface area contributed by atoms with Crippen LogP contribution < -0.4 is 5.73 Å². The largest absolute Gasteiger partial charge is 0.366 e. The highest BCUT2D eigenvalue weighted by Crippen LogP contribution is 2.34. The highest BCUT2D eigenvalue weighted by Gasteiger charge is 2.25.